The van der Waals surface area contributed by atoms with E-state index < -0.39 is 0 Å². The molecule has 0 radical (unpaired) electrons. The van der Waals surface area contributed by atoms with E-state index in [2.05, 4.69) is 23.6 Å². The van der Waals surface area contributed by atoms with Crippen LogP contribution < -0.4 is 0 Å². The summed E-state index contributed by atoms with van der Waals surface area (Å²) in [4.78, 5) is 2.08. The van der Waals surface area contributed by atoms with Crippen LogP contribution in [-0.2, 0) is 0 Å². The second kappa shape index (κ2) is 5.29. The molecule has 0 aromatic heterocycles. The average molecular weight is 259 g/mol. The van der Waals surface area contributed by atoms with E-state index in [0.29, 0.717) is 17.4 Å². The molecule has 0 bridgehead atoms. The maximum atomic E-state index is 8.71. The summed E-state index contributed by atoms with van der Waals surface area (Å²) < 4.78 is 0. The summed E-state index contributed by atoms with van der Waals surface area (Å²) in [6.45, 7) is 7.00. The Labute approximate surface area is 113 Å². The number of aryl methyl sites for hydroxylation is 1. The van der Waals surface area contributed by atoms with Crippen molar-refractivity contribution in [3.63, 3.8) is 0 Å². The fourth-order valence-electron chi connectivity index (χ4n) is 2.11. The first-order chi connectivity index (χ1) is 8.61. The van der Waals surface area contributed by atoms with Crippen LogP contribution in [0.4, 0.5) is 0 Å². The summed E-state index contributed by atoms with van der Waals surface area (Å²) >= 11 is 6.03. The molecule has 92 valence electrons. The van der Waals surface area contributed by atoms with Crippen molar-refractivity contribution in [1.29, 1.82) is 5.26 Å². The predicted molar refractivity (Wildman–Crippen MR) is 74.8 cm³/mol. The normalized spacial score (nSPS) is 17.8. The van der Waals surface area contributed by atoms with Gasteiger partial charge in [0.25, 0.3) is 0 Å². The molecule has 0 saturated heterocycles. The Morgan fingerprint density at radius 1 is 1.61 bits per heavy atom. The first-order valence-electron chi connectivity index (χ1n) is 5.89. The maximum absolute atomic E-state index is 8.71. The van der Waals surface area contributed by atoms with Crippen LogP contribution in [0, 0.1) is 24.2 Å². The minimum atomic E-state index is 0.297. The molecule has 1 aliphatic heterocycles. The zero-order chi connectivity index (χ0) is 13.1. The first-order valence-corrected chi connectivity index (χ1v) is 6.27. The molecule has 3 heteroatoms. The lowest BCUT2D eigenvalue weighted by Crippen LogP contribution is -2.16. The summed E-state index contributed by atoms with van der Waals surface area (Å²) in [5, 5.41) is 9.42. The van der Waals surface area contributed by atoms with Crippen LogP contribution in [0.2, 0.25) is 5.02 Å². The van der Waals surface area contributed by atoms with Gasteiger partial charge in [-0.1, -0.05) is 30.3 Å². The summed E-state index contributed by atoms with van der Waals surface area (Å²) in [5.74, 6) is 0.297. The highest BCUT2D eigenvalue weighted by atomic mass is 35.5. The lowest BCUT2D eigenvalue weighted by Gasteiger charge is -2.21. The lowest BCUT2D eigenvalue weighted by molar-refractivity contribution is 0.498. The van der Waals surface area contributed by atoms with E-state index >= 15 is 0 Å². The molecular weight excluding hydrogens is 244 g/mol. The molecule has 1 aliphatic rings. The number of nitrogens with zero attached hydrogens (tertiary/aromatic N) is 2. The van der Waals surface area contributed by atoms with Gasteiger partial charge >= 0.3 is 0 Å². The van der Waals surface area contributed by atoms with Gasteiger partial charge in [-0.15, -0.1) is 0 Å². The van der Waals surface area contributed by atoms with E-state index in [1.165, 1.54) is 0 Å². The van der Waals surface area contributed by atoms with Crippen molar-refractivity contribution in [1.82, 2.24) is 4.90 Å². The number of nitriles is 1. The quantitative estimate of drug-likeness (QED) is 0.820. The fraction of sp³-hybridized carbons (Fsp3) is 0.267. The van der Waals surface area contributed by atoms with Crippen molar-refractivity contribution in [3.8, 4) is 6.07 Å². The Hall–Kier alpha value is -1.72. The van der Waals surface area contributed by atoms with Crippen molar-refractivity contribution in [2.75, 3.05) is 6.54 Å². The van der Waals surface area contributed by atoms with Crippen LogP contribution in [-0.4, -0.2) is 11.4 Å². The van der Waals surface area contributed by atoms with E-state index in [-0.39, 0.29) is 0 Å². The molecule has 1 atom stereocenters. The second-order valence-corrected chi connectivity index (χ2v) is 4.96. The van der Waals surface area contributed by atoms with E-state index in [4.69, 9.17) is 16.9 Å². The zero-order valence-electron chi connectivity index (χ0n) is 10.4. The number of benzene rings is 1. The monoisotopic (exact) mass is 258 g/mol. The lowest BCUT2D eigenvalue weighted by atomic mass is 10.1. The van der Waals surface area contributed by atoms with Gasteiger partial charge in [0.2, 0.25) is 0 Å². The highest BCUT2D eigenvalue weighted by molar-refractivity contribution is 6.30. The fourth-order valence-corrected chi connectivity index (χ4v) is 2.28. The maximum Gasteiger partial charge on any atom is 0.0628 e. The van der Waals surface area contributed by atoms with Gasteiger partial charge in [0, 0.05) is 41.4 Å². The van der Waals surface area contributed by atoms with Gasteiger partial charge in [0.1, 0.15) is 0 Å². The topological polar surface area (TPSA) is 27.0 Å². The molecule has 1 aromatic carbocycles. The number of rotatable bonds is 3. The Morgan fingerprint density at radius 3 is 3.11 bits per heavy atom. The van der Waals surface area contributed by atoms with Crippen molar-refractivity contribution < 1.29 is 0 Å². The molecule has 2 nitrogen and oxygen atoms in total. The van der Waals surface area contributed by atoms with Gasteiger partial charge in [0.05, 0.1) is 6.07 Å². The molecular formula is C15H15ClN2. The molecule has 1 heterocycles. The molecule has 18 heavy (non-hydrogen) atoms. The van der Waals surface area contributed by atoms with Crippen molar-refractivity contribution in [2.45, 2.75) is 13.3 Å². The zero-order valence-corrected chi connectivity index (χ0v) is 11.1. The van der Waals surface area contributed by atoms with Crippen molar-refractivity contribution in [3.05, 3.63) is 53.2 Å². The molecule has 0 spiro atoms. The number of hydrogen-bond acceptors (Lipinski definition) is 2. The third-order valence-electron chi connectivity index (χ3n) is 3.18. The molecule has 2 rings (SSSR count). The third-order valence-corrected chi connectivity index (χ3v) is 3.42. The van der Waals surface area contributed by atoms with Crippen LogP contribution in [0.1, 0.15) is 17.5 Å². The summed E-state index contributed by atoms with van der Waals surface area (Å²) in [6, 6.07) is 8.01. The molecule has 0 amide bonds. The molecule has 0 N–H and O–H groups in total. The Balaban J connectivity index is 2.16. The van der Waals surface area contributed by atoms with Gasteiger partial charge in [-0.05, 0) is 24.6 Å². The minimum Gasteiger partial charge on any atom is -0.348 e. The van der Waals surface area contributed by atoms with Crippen molar-refractivity contribution in [2.24, 2.45) is 5.92 Å². The van der Waals surface area contributed by atoms with Gasteiger partial charge in [-0.2, -0.15) is 5.26 Å². The van der Waals surface area contributed by atoms with Gasteiger partial charge in [0.15, 0.2) is 0 Å². The first kappa shape index (κ1) is 12.7. The van der Waals surface area contributed by atoms with Gasteiger partial charge in [-0.25, -0.2) is 0 Å². The van der Waals surface area contributed by atoms with E-state index in [9.17, 15) is 0 Å². The van der Waals surface area contributed by atoms with Crippen molar-refractivity contribution >= 4 is 17.3 Å². The molecule has 0 fully saturated rings. The summed E-state index contributed by atoms with van der Waals surface area (Å²) in [6.07, 6.45) is 4.62. The Morgan fingerprint density at radius 2 is 2.39 bits per heavy atom. The van der Waals surface area contributed by atoms with Crippen LogP contribution in [0.25, 0.3) is 5.70 Å². The largest absolute Gasteiger partial charge is 0.348 e. The molecule has 0 saturated carbocycles. The van der Waals surface area contributed by atoms with Crippen LogP contribution in [0.3, 0.4) is 0 Å². The second-order valence-electron chi connectivity index (χ2n) is 4.52. The average Bonchev–Trinajstić information content (AvgIpc) is 2.80. The van der Waals surface area contributed by atoms with E-state index in [1.54, 1.807) is 0 Å². The minimum absolute atomic E-state index is 0.297. The van der Waals surface area contributed by atoms with E-state index in [1.807, 2.05) is 31.3 Å². The number of halogens is 1. The predicted octanol–water partition coefficient (Wildman–Crippen LogP) is 3.98. The molecule has 1 aromatic rings. The third kappa shape index (κ3) is 2.57. The van der Waals surface area contributed by atoms with Crippen LogP contribution >= 0.6 is 11.6 Å². The summed E-state index contributed by atoms with van der Waals surface area (Å²) in [7, 11) is 0. The Bertz CT molecular complexity index is 540. The Kier molecular flexibility index (Phi) is 3.74. The highest BCUT2D eigenvalue weighted by Crippen LogP contribution is 2.28. The van der Waals surface area contributed by atoms with Crippen LogP contribution in [0.15, 0.2) is 37.1 Å². The van der Waals surface area contributed by atoms with Gasteiger partial charge in [-0.3, -0.25) is 0 Å². The summed E-state index contributed by atoms with van der Waals surface area (Å²) in [5.41, 5.74) is 3.15. The highest BCUT2D eigenvalue weighted by Gasteiger charge is 2.19. The molecule has 0 aliphatic carbocycles. The SMILES string of the molecule is C=C(c1cc(Cl)ccc1C)N1C=CC(CC#N)C1. The standard InChI is InChI=1S/C15H15ClN2/c1-11-3-4-14(16)9-15(11)12(2)18-8-6-13(10-18)5-7-17/h3-4,6,8-9,13H,2,5,10H2,1H3. The molecule has 1 unspecified atom stereocenters. The van der Waals surface area contributed by atoms with Gasteiger partial charge < -0.3 is 4.90 Å². The van der Waals surface area contributed by atoms with Crippen LogP contribution in [0.5, 0.6) is 0 Å². The smallest absolute Gasteiger partial charge is 0.0628 e. The number of hydrogen-bond donors (Lipinski definition) is 0. The van der Waals surface area contributed by atoms with E-state index in [0.717, 1.165) is 23.4 Å².